The van der Waals surface area contributed by atoms with Gasteiger partial charge >= 0.3 is 0 Å². The molecule has 0 spiro atoms. The van der Waals surface area contributed by atoms with Crippen molar-refractivity contribution in [3.8, 4) is 0 Å². The summed E-state index contributed by atoms with van der Waals surface area (Å²) >= 11 is 0. The van der Waals surface area contributed by atoms with Crippen LogP contribution in [0.2, 0.25) is 0 Å². The maximum Gasteiger partial charge on any atom is 0.0519 e. The van der Waals surface area contributed by atoms with Crippen LogP contribution in [0.25, 0.3) is 0 Å². The Labute approximate surface area is 121 Å². The van der Waals surface area contributed by atoms with Crippen LogP contribution >= 0.6 is 0 Å². The fraction of sp³-hybridized carbons (Fsp3) is 0.471. The van der Waals surface area contributed by atoms with Crippen molar-refractivity contribution in [3.05, 3.63) is 53.9 Å². The average Bonchev–Trinajstić information content (AvgIpc) is 3.15. The second-order valence-corrected chi connectivity index (χ2v) is 5.71. The summed E-state index contributed by atoms with van der Waals surface area (Å²) in [5, 5.41) is 6.91. The summed E-state index contributed by atoms with van der Waals surface area (Å²) in [5.41, 5.74) is 2.79. The van der Waals surface area contributed by atoms with E-state index >= 15 is 0 Å². The molecule has 0 unspecified atom stereocenters. The summed E-state index contributed by atoms with van der Waals surface area (Å²) in [6.45, 7) is 2.43. The van der Waals surface area contributed by atoms with Crippen molar-refractivity contribution in [2.75, 3.05) is 13.1 Å². The first-order valence-corrected chi connectivity index (χ1v) is 7.67. The third kappa shape index (κ3) is 3.48. The lowest BCUT2D eigenvalue weighted by Crippen LogP contribution is -2.31. The number of rotatable bonds is 6. The van der Waals surface area contributed by atoms with Gasteiger partial charge in [-0.15, -0.1) is 0 Å². The van der Waals surface area contributed by atoms with Gasteiger partial charge in [0.05, 0.1) is 6.20 Å². The normalized spacial score (nSPS) is 19.5. The third-order valence-electron chi connectivity index (χ3n) is 4.35. The standard InChI is InChI=1S/C17H23N3/c1-2-5-15(6-3-1)8-9-17-7-4-11-20(17)12-10-16-13-18-19-14-16/h1-3,5-6,13-14,17H,4,7-12H2,(H,18,19)/t17-/m0/s1. The number of likely N-dealkylation sites (tertiary alicyclic amines) is 1. The van der Waals surface area contributed by atoms with Gasteiger partial charge in [-0.3, -0.25) is 5.10 Å². The molecule has 20 heavy (non-hydrogen) atoms. The van der Waals surface area contributed by atoms with Gasteiger partial charge in [0.15, 0.2) is 0 Å². The first-order valence-electron chi connectivity index (χ1n) is 7.67. The third-order valence-corrected chi connectivity index (χ3v) is 4.35. The van der Waals surface area contributed by atoms with Crippen LogP contribution in [0.3, 0.4) is 0 Å². The topological polar surface area (TPSA) is 31.9 Å². The number of H-pyrrole nitrogens is 1. The van der Waals surface area contributed by atoms with Crippen LogP contribution in [-0.2, 0) is 12.8 Å². The van der Waals surface area contributed by atoms with Crippen LogP contribution < -0.4 is 0 Å². The zero-order chi connectivity index (χ0) is 13.6. The molecule has 1 aromatic heterocycles. The van der Waals surface area contributed by atoms with Crippen molar-refractivity contribution in [2.45, 2.75) is 38.1 Å². The summed E-state index contributed by atoms with van der Waals surface area (Å²) in [6.07, 6.45) is 10.3. The van der Waals surface area contributed by atoms with E-state index in [1.807, 2.05) is 12.4 Å². The van der Waals surface area contributed by atoms with E-state index in [0.717, 1.165) is 12.5 Å². The highest BCUT2D eigenvalue weighted by Gasteiger charge is 2.23. The summed E-state index contributed by atoms with van der Waals surface area (Å²) in [5.74, 6) is 0. The second kappa shape index (κ2) is 6.71. The summed E-state index contributed by atoms with van der Waals surface area (Å²) < 4.78 is 0. The predicted molar refractivity (Wildman–Crippen MR) is 81.6 cm³/mol. The van der Waals surface area contributed by atoms with Gasteiger partial charge in [0.25, 0.3) is 0 Å². The maximum atomic E-state index is 4.02. The number of aromatic nitrogens is 2. The molecule has 1 saturated heterocycles. The summed E-state index contributed by atoms with van der Waals surface area (Å²) in [6, 6.07) is 11.6. The van der Waals surface area contributed by atoms with Crippen LogP contribution in [0.4, 0.5) is 0 Å². The quantitative estimate of drug-likeness (QED) is 0.874. The zero-order valence-electron chi connectivity index (χ0n) is 12.0. The molecule has 2 heterocycles. The maximum absolute atomic E-state index is 4.02. The number of nitrogens with zero attached hydrogens (tertiary/aromatic N) is 2. The number of aromatic amines is 1. The van der Waals surface area contributed by atoms with Crippen LogP contribution in [0.15, 0.2) is 42.7 Å². The Kier molecular flexibility index (Phi) is 4.49. The minimum atomic E-state index is 0.766. The van der Waals surface area contributed by atoms with Crippen molar-refractivity contribution >= 4 is 0 Å². The molecule has 3 nitrogen and oxygen atoms in total. The summed E-state index contributed by atoms with van der Waals surface area (Å²) in [4.78, 5) is 2.66. The lowest BCUT2D eigenvalue weighted by atomic mass is 10.0. The highest BCUT2D eigenvalue weighted by Crippen LogP contribution is 2.22. The van der Waals surface area contributed by atoms with Crippen LogP contribution in [-0.4, -0.2) is 34.2 Å². The van der Waals surface area contributed by atoms with Crippen molar-refractivity contribution in [1.82, 2.24) is 15.1 Å². The van der Waals surface area contributed by atoms with E-state index in [0.29, 0.717) is 0 Å². The van der Waals surface area contributed by atoms with Gasteiger partial charge in [0.2, 0.25) is 0 Å². The molecule has 1 N–H and O–H groups in total. The molecular formula is C17H23N3. The lowest BCUT2D eigenvalue weighted by Gasteiger charge is -2.24. The minimum absolute atomic E-state index is 0.766. The van der Waals surface area contributed by atoms with E-state index in [1.54, 1.807) is 0 Å². The average molecular weight is 269 g/mol. The molecule has 0 saturated carbocycles. The molecule has 106 valence electrons. The van der Waals surface area contributed by atoms with Gasteiger partial charge in [0, 0.05) is 18.8 Å². The van der Waals surface area contributed by atoms with Crippen LogP contribution in [0.5, 0.6) is 0 Å². The molecule has 1 fully saturated rings. The molecule has 3 rings (SSSR count). The fourth-order valence-electron chi connectivity index (χ4n) is 3.18. The first kappa shape index (κ1) is 13.4. The van der Waals surface area contributed by atoms with E-state index in [9.17, 15) is 0 Å². The van der Waals surface area contributed by atoms with E-state index in [1.165, 1.54) is 49.9 Å². The van der Waals surface area contributed by atoms with Gasteiger partial charge in [0.1, 0.15) is 0 Å². The van der Waals surface area contributed by atoms with Crippen molar-refractivity contribution in [3.63, 3.8) is 0 Å². The molecule has 1 atom stereocenters. The van der Waals surface area contributed by atoms with E-state index in [4.69, 9.17) is 0 Å². The Morgan fingerprint density at radius 2 is 2.05 bits per heavy atom. The fourth-order valence-corrected chi connectivity index (χ4v) is 3.18. The molecule has 1 aliphatic heterocycles. The van der Waals surface area contributed by atoms with E-state index in [-0.39, 0.29) is 0 Å². The first-order chi connectivity index (χ1) is 9.92. The van der Waals surface area contributed by atoms with E-state index in [2.05, 4.69) is 45.4 Å². The predicted octanol–water partition coefficient (Wildman–Crippen LogP) is 3.05. The highest BCUT2D eigenvalue weighted by molar-refractivity contribution is 5.15. The molecule has 0 bridgehead atoms. The van der Waals surface area contributed by atoms with Gasteiger partial charge in [-0.2, -0.15) is 5.10 Å². The molecule has 3 heteroatoms. The second-order valence-electron chi connectivity index (χ2n) is 5.71. The number of nitrogens with one attached hydrogen (secondary N) is 1. The molecule has 0 aliphatic carbocycles. The Morgan fingerprint density at radius 3 is 2.85 bits per heavy atom. The minimum Gasteiger partial charge on any atom is -0.300 e. The molecule has 1 aromatic carbocycles. The van der Waals surface area contributed by atoms with Crippen molar-refractivity contribution in [1.29, 1.82) is 0 Å². The number of benzene rings is 1. The van der Waals surface area contributed by atoms with Crippen LogP contribution in [0.1, 0.15) is 30.4 Å². The molecule has 2 aromatic rings. The van der Waals surface area contributed by atoms with E-state index < -0.39 is 0 Å². The smallest absolute Gasteiger partial charge is 0.0519 e. The monoisotopic (exact) mass is 269 g/mol. The highest BCUT2D eigenvalue weighted by atomic mass is 15.2. The van der Waals surface area contributed by atoms with Gasteiger partial charge in [-0.25, -0.2) is 0 Å². The largest absolute Gasteiger partial charge is 0.300 e. The summed E-state index contributed by atoms with van der Waals surface area (Å²) in [7, 11) is 0. The van der Waals surface area contributed by atoms with Crippen molar-refractivity contribution in [2.24, 2.45) is 0 Å². The number of hydrogen-bond donors (Lipinski definition) is 1. The van der Waals surface area contributed by atoms with Gasteiger partial charge in [-0.1, -0.05) is 30.3 Å². The molecular weight excluding hydrogens is 246 g/mol. The SMILES string of the molecule is c1ccc(CC[C@@H]2CCCN2CCc2cn[nH]c2)cc1. The van der Waals surface area contributed by atoms with Gasteiger partial charge < -0.3 is 4.90 Å². The Balaban J connectivity index is 1.48. The molecule has 0 radical (unpaired) electrons. The van der Waals surface area contributed by atoms with Crippen molar-refractivity contribution < 1.29 is 0 Å². The van der Waals surface area contributed by atoms with Crippen LogP contribution in [0, 0.1) is 0 Å². The van der Waals surface area contributed by atoms with Gasteiger partial charge in [-0.05, 0) is 49.8 Å². The Morgan fingerprint density at radius 1 is 1.15 bits per heavy atom. The lowest BCUT2D eigenvalue weighted by molar-refractivity contribution is 0.246. The Bertz CT molecular complexity index is 492. The number of aryl methyl sites for hydroxylation is 1. The molecule has 1 aliphatic rings. The number of hydrogen-bond acceptors (Lipinski definition) is 2. The molecule has 0 amide bonds. The zero-order valence-corrected chi connectivity index (χ0v) is 12.0. The Hall–Kier alpha value is -1.61.